The second kappa shape index (κ2) is 3.91. The zero-order valence-electron chi connectivity index (χ0n) is 7.40. The maximum atomic E-state index is 10.7. The van der Waals surface area contributed by atoms with Crippen molar-refractivity contribution in [2.45, 2.75) is 20.8 Å². The first-order valence-electron chi connectivity index (χ1n) is 3.49. The van der Waals surface area contributed by atoms with Gasteiger partial charge in [0.2, 0.25) is 0 Å². The van der Waals surface area contributed by atoms with Crippen molar-refractivity contribution in [1.29, 1.82) is 0 Å². The highest BCUT2D eigenvalue weighted by Gasteiger charge is 1.96. The summed E-state index contributed by atoms with van der Waals surface area (Å²) in [5.74, 6) is 0.00519. The molecule has 0 fully saturated rings. The molecule has 0 unspecified atom stereocenters. The lowest BCUT2D eigenvalue weighted by atomic mass is 10.1. The van der Waals surface area contributed by atoms with Crippen molar-refractivity contribution in [2.24, 2.45) is 0 Å². The van der Waals surface area contributed by atoms with Gasteiger partial charge in [-0.1, -0.05) is 18.7 Å². The molecule has 60 valence electrons. The van der Waals surface area contributed by atoms with Crippen molar-refractivity contribution in [1.82, 2.24) is 0 Å². The number of hydrogen-bond acceptors (Lipinski definition) is 1. The van der Waals surface area contributed by atoms with Crippen molar-refractivity contribution in [3.05, 3.63) is 36.0 Å². The summed E-state index contributed by atoms with van der Waals surface area (Å²) in [4.78, 5) is 10.7. The Kier molecular flexibility index (Phi) is 3.52. The standard InChI is InChI=1S/C10H14O/c1-7(2)8(3)6-9(4)10(5)11/h6H,1,4H2,2-3,5H3/b8-6-. The molecule has 0 aromatic carbocycles. The Labute approximate surface area is 68.1 Å². The van der Waals surface area contributed by atoms with Crippen LogP contribution in [-0.2, 0) is 4.79 Å². The summed E-state index contributed by atoms with van der Waals surface area (Å²) in [7, 11) is 0. The summed E-state index contributed by atoms with van der Waals surface area (Å²) in [6.45, 7) is 12.7. The first kappa shape index (κ1) is 9.89. The molecule has 0 aromatic rings. The molecular weight excluding hydrogens is 136 g/mol. The molecule has 0 aromatic heterocycles. The molecule has 0 amide bonds. The minimum absolute atomic E-state index is 0.00519. The second-order valence-corrected chi connectivity index (χ2v) is 2.69. The van der Waals surface area contributed by atoms with Crippen LogP contribution in [-0.4, -0.2) is 5.78 Å². The fraction of sp³-hybridized carbons (Fsp3) is 0.300. The van der Waals surface area contributed by atoms with E-state index in [2.05, 4.69) is 13.2 Å². The number of Topliss-reactive ketones (excluding diaryl/α,β-unsaturated/α-hetero) is 1. The van der Waals surface area contributed by atoms with Crippen molar-refractivity contribution in [3.63, 3.8) is 0 Å². The molecule has 0 saturated heterocycles. The normalized spacial score (nSPS) is 11.0. The first-order valence-corrected chi connectivity index (χ1v) is 3.49. The van der Waals surface area contributed by atoms with Gasteiger partial charge in [-0.3, -0.25) is 4.79 Å². The van der Waals surface area contributed by atoms with Gasteiger partial charge in [-0.2, -0.15) is 0 Å². The largest absolute Gasteiger partial charge is 0.295 e. The number of allylic oxidation sites excluding steroid dienone is 4. The van der Waals surface area contributed by atoms with Crippen LogP contribution in [0.15, 0.2) is 36.0 Å². The van der Waals surface area contributed by atoms with E-state index in [4.69, 9.17) is 0 Å². The van der Waals surface area contributed by atoms with Crippen molar-refractivity contribution in [2.75, 3.05) is 0 Å². The molecule has 0 heterocycles. The lowest BCUT2D eigenvalue weighted by molar-refractivity contribution is -0.113. The van der Waals surface area contributed by atoms with Gasteiger partial charge in [0.25, 0.3) is 0 Å². The van der Waals surface area contributed by atoms with Gasteiger partial charge >= 0.3 is 0 Å². The van der Waals surface area contributed by atoms with Gasteiger partial charge in [0, 0.05) is 5.57 Å². The van der Waals surface area contributed by atoms with E-state index in [1.165, 1.54) is 6.92 Å². The maximum Gasteiger partial charge on any atom is 0.159 e. The molecule has 0 bridgehead atoms. The minimum Gasteiger partial charge on any atom is -0.295 e. The highest BCUT2D eigenvalue weighted by molar-refractivity contribution is 5.95. The minimum atomic E-state index is 0.00519. The summed E-state index contributed by atoms with van der Waals surface area (Å²) in [5.41, 5.74) is 2.50. The highest BCUT2D eigenvalue weighted by Crippen LogP contribution is 2.08. The van der Waals surface area contributed by atoms with Gasteiger partial charge in [0.05, 0.1) is 0 Å². The molecule has 0 spiro atoms. The Morgan fingerprint density at radius 1 is 1.18 bits per heavy atom. The van der Waals surface area contributed by atoms with Crippen LogP contribution in [0.5, 0.6) is 0 Å². The quantitative estimate of drug-likeness (QED) is 0.446. The molecule has 0 N–H and O–H groups in total. The van der Waals surface area contributed by atoms with Crippen molar-refractivity contribution in [3.8, 4) is 0 Å². The van der Waals surface area contributed by atoms with Crippen molar-refractivity contribution >= 4 is 5.78 Å². The lowest BCUT2D eigenvalue weighted by Crippen LogP contribution is -1.91. The van der Waals surface area contributed by atoms with Gasteiger partial charge < -0.3 is 0 Å². The summed E-state index contributed by atoms with van der Waals surface area (Å²) in [6, 6.07) is 0. The molecule has 0 rings (SSSR count). The number of rotatable bonds is 3. The van der Waals surface area contributed by atoms with Crippen LogP contribution < -0.4 is 0 Å². The molecule has 1 nitrogen and oxygen atoms in total. The van der Waals surface area contributed by atoms with E-state index in [1.54, 1.807) is 6.08 Å². The molecule has 0 radical (unpaired) electrons. The van der Waals surface area contributed by atoms with Crippen LogP contribution >= 0.6 is 0 Å². The smallest absolute Gasteiger partial charge is 0.159 e. The molecule has 11 heavy (non-hydrogen) atoms. The first-order chi connectivity index (χ1) is 4.95. The molecular formula is C10H14O. The fourth-order valence-electron chi connectivity index (χ4n) is 0.486. The molecule has 0 aliphatic carbocycles. The van der Waals surface area contributed by atoms with Crippen LogP contribution in [0.2, 0.25) is 0 Å². The SMILES string of the molecule is C=C(/C=C(/C)C(=C)C)C(C)=O. The average Bonchev–Trinajstić information content (AvgIpc) is 1.87. The molecule has 1 heteroatoms. The second-order valence-electron chi connectivity index (χ2n) is 2.69. The molecule has 0 aliphatic heterocycles. The average molecular weight is 150 g/mol. The van der Waals surface area contributed by atoms with Crippen LogP contribution in [0.1, 0.15) is 20.8 Å². The Morgan fingerprint density at radius 2 is 1.64 bits per heavy atom. The number of hydrogen-bond donors (Lipinski definition) is 0. The monoisotopic (exact) mass is 150 g/mol. The van der Waals surface area contributed by atoms with Crippen LogP contribution in [0.4, 0.5) is 0 Å². The van der Waals surface area contributed by atoms with Crippen LogP contribution in [0.3, 0.4) is 0 Å². The Morgan fingerprint density at radius 3 is 1.91 bits per heavy atom. The zero-order chi connectivity index (χ0) is 9.02. The van der Waals surface area contributed by atoms with Crippen LogP contribution in [0, 0.1) is 0 Å². The van der Waals surface area contributed by atoms with Gasteiger partial charge in [-0.15, -0.1) is 0 Å². The van der Waals surface area contributed by atoms with Crippen LogP contribution in [0.25, 0.3) is 0 Å². The van der Waals surface area contributed by atoms with Crippen molar-refractivity contribution < 1.29 is 4.79 Å². The van der Waals surface area contributed by atoms with E-state index in [0.29, 0.717) is 5.57 Å². The summed E-state index contributed by atoms with van der Waals surface area (Å²) < 4.78 is 0. The summed E-state index contributed by atoms with van der Waals surface area (Å²) in [6.07, 6.45) is 1.75. The predicted molar refractivity (Wildman–Crippen MR) is 48.4 cm³/mol. The third-order valence-electron chi connectivity index (χ3n) is 1.52. The number of carbonyl (C=O) groups excluding carboxylic acids is 1. The van der Waals surface area contributed by atoms with E-state index in [9.17, 15) is 4.79 Å². The van der Waals surface area contributed by atoms with E-state index >= 15 is 0 Å². The highest BCUT2D eigenvalue weighted by atomic mass is 16.1. The Bertz CT molecular complexity index is 231. The maximum absolute atomic E-state index is 10.7. The van der Waals surface area contributed by atoms with E-state index in [1.807, 2.05) is 13.8 Å². The van der Waals surface area contributed by atoms with E-state index < -0.39 is 0 Å². The van der Waals surface area contributed by atoms with Gasteiger partial charge in [0.1, 0.15) is 0 Å². The zero-order valence-corrected chi connectivity index (χ0v) is 7.40. The third kappa shape index (κ3) is 3.56. The lowest BCUT2D eigenvalue weighted by Gasteiger charge is -1.98. The summed E-state index contributed by atoms with van der Waals surface area (Å²) >= 11 is 0. The van der Waals surface area contributed by atoms with E-state index in [-0.39, 0.29) is 5.78 Å². The topological polar surface area (TPSA) is 17.1 Å². The number of carbonyl (C=O) groups is 1. The van der Waals surface area contributed by atoms with Gasteiger partial charge in [-0.05, 0) is 32.4 Å². The van der Waals surface area contributed by atoms with E-state index in [0.717, 1.165) is 11.1 Å². The fourth-order valence-corrected chi connectivity index (χ4v) is 0.486. The Balaban J connectivity index is 4.44. The molecule has 0 atom stereocenters. The molecule has 0 saturated carbocycles. The number of ketones is 1. The predicted octanol–water partition coefficient (Wildman–Crippen LogP) is 2.65. The van der Waals surface area contributed by atoms with Gasteiger partial charge in [-0.25, -0.2) is 0 Å². The third-order valence-corrected chi connectivity index (χ3v) is 1.52. The van der Waals surface area contributed by atoms with Gasteiger partial charge in [0.15, 0.2) is 5.78 Å². The molecule has 0 aliphatic rings. The summed E-state index contributed by atoms with van der Waals surface area (Å²) in [5, 5.41) is 0. The Hall–Kier alpha value is -1.11.